The van der Waals surface area contributed by atoms with Crippen molar-refractivity contribution in [3.8, 4) is 11.1 Å². The second kappa shape index (κ2) is 8.95. The van der Waals surface area contributed by atoms with Gasteiger partial charge in [-0.2, -0.15) is 0 Å². The number of carbonyl (C=O) groups excluding carboxylic acids is 2. The second-order valence-corrected chi connectivity index (χ2v) is 7.34. The molecule has 4 rings (SSSR count). The quantitative estimate of drug-likeness (QED) is 0.342. The van der Waals surface area contributed by atoms with Crippen molar-refractivity contribution in [2.75, 3.05) is 13.2 Å². The Morgan fingerprint density at radius 2 is 2.00 bits per heavy atom. The maximum absolute atomic E-state index is 15.4. The predicted molar refractivity (Wildman–Crippen MR) is 110 cm³/mol. The number of hydrogen-bond acceptors (Lipinski definition) is 4. The molecule has 1 fully saturated rings. The molecule has 6 nitrogen and oxygen atoms in total. The Labute approximate surface area is 177 Å². The smallest absolute Gasteiger partial charge is 0.315 e. The summed E-state index contributed by atoms with van der Waals surface area (Å²) in [7, 11) is 0. The lowest BCUT2D eigenvalue weighted by atomic mass is 9.96. The average Bonchev–Trinajstić information content (AvgIpc) is 3.22. The molecule has 0 saturated carbocycles. The predicted octanol–water partition coefficient (Wildman–Crippen LogP) is 4.61. The van der Waals surface area contributed by atoms with Crippen LogP contribution in [0.5, 0.6) is 0 Å². The number of H-pyrrole nitrogens is 1. The van der Waals surface area contributed by atoms with Crippen molar-refractivity contribution in [2.24, 2.45) is 0 Å². The van der Waals surface area contributed by atoms with E-state index >= 15 is 4.39 Å². The summed E-state index contributed by atoms with van der Waals surface area (Å²) in [6.07, 6.45) is 4.19. The Hall–Kier alpha value is -3.10. The Bertz CT molecular complexity index is 1120. The molecule has 1 aromatic heterocycles. The normalized spacial score (nSPS) is 16.4. The SMILES string of the molecule is CCONC(=O)C(=O)c1c[nH]c2cc(F)c(-c3ccc(C4CCCCO4)cc3)c(F)c12. The van der Waals surface area contributed by atoms with Gasteiger partial charge in [-0.25, -0.2) is 14.3 Å². The first-order chi connectivity index (χ1) is 15.0. The standard InChI is InChI=1S/C23H22F2N2O4/c1-2-31-27-23(29)22(28)15-12-26-17-11-16(24)19(21(25)20(15)17)14-8-6-13(7-9-14)18-5-3-4-10-30-18/h6-9,11-12,18,26H,2-5,10H2,1H3,(H,27,29). The van der Waals surface area contributed by atoms with Gasteiger partial charge < -0.3 is 9.72 Å². The molecule has 1 aliphatic heterocycles. The van der Waals surface area contributed by atoms with Crippen molar-refractivity contribution in [1.82, 2.24) is 10.5 Å². The van der Waals surface area contributed by atoms with Gasteiger partial charge in [0.05, 0.1) is 29.4 Å². The fraction of sp³-hybridized carbons (Fsp3) is 0.304. The van der Waals surface area contributed by atoms with E-state index in [2.05, 4.69) is 4.98 Å². The number of carbonyl (C=O) groups is 2. The van der Waals surface area contributed by atoms with Crippen LogP contribution in [0.2, 0.25) is 0 Å². The molecule has 2 N–H and O–H groups in total. The number of aromatic nitrogens is 1. The van der Waals surface area contributed by atoms with Gasteiger partial charge in [0.2, 0.25) is 0 Å². The van der Waals surface area contributed by atoms with Gasteiger partial charge in [0, 0.05) is 18.2 Å². The molecule has 0 aliphatic carbocycles. The summed E-state index contributed by atoms with van der Waals surface area (Å²) in [6.45, 7) is 2.50. The minimum atomic E-state index is -1.04. The van der Waals surface area contributed by atoms with E-state index in [-0.39, 0.29) is 34.7 Å². The molecule has 3 aromatic rings. The highest BCUT2D eigenvalue weighted by molar-refractivity contribution is 6.44. The molecule has 8 heteroatoms. The highest BCUT2D eigenvalue weighted by Crippen LogP contribution is 2.35. The lowest BCUT2D eigenvalue weighted by Gasteiger charge is -2.23. The van der Waals surface area contributed by atoms with Gasteiger partial charge in [-0.15, -0.1) is 0 Å². The third kappa shape index (κ3) is 4.08. The van der Waals surface area contributed by atoms with Gasteiger partial charge in [0.15, 0.2) is 0 Å². The summed E-state index contributed by atoms with van der Waals surface area (Å²) in [5.41, 5.74) is 2.90. The number of ketones is 1. The highest BCUT2D eigenvalue weighted by Gasteiger charge is 2.26. The van der Waals surface area contributed by atoms with Gasteiger partial charge in [0.25, 0.3) is 5.78 Å². The fourth-order valence-electron chi connectivity index (χ4n) is 3.84. The Morgan fingerprint density at radius 1 is 1.23 bits per heavy atom. The van der Waals surface area contributed by atoms with E-state index in [1.165, 1.54) is 6.20 Å². The van der Waals surface area contributed by atoms with E-state index in [0.29, 0.717) is 12.2 Å². The number of amides is 1. The first-order valence-corrected chi connectivity index (χ1v) is 10.2. The van der Waals surface area contributed by atoms with Crippen molar-refractivity contribution in [3.63, 3.8) is 0 Å². The number of nitrogens with one attached hydrogen (secondary N) is 2. The first kappa shape index (κ1) is 21.1. The molecule has 2 aromatic carbocycles. The van der Waals surface area contributed by atoms with Crippen molar-refractivity contribution in [1.29, 1.82) is 0 Å². The molecule has 2 heterocycles. The number of hydrogen-bond donors (Lipinski definition) is 2. The van der Waals surface area contributed by atoms with Crippen LogP contribution >= 0.6 is 0 Å². The minimum absolute atomic E-state index is 0.0160. The van der Waals surface area contributed by atoms with Crippen molar-refractivity contribution >= 4 is 22.6 Å². The van der Waals surface area contributed by atoms with E-state index < -0.39 is 23.3 Å². The number of rotatable bonds is 6. The highest BCUT2D eigenvalue weighted by atomic mass is 19.1. The first-order valence-electron chi connectivity index (χ1n) is 10.2. The number of benzene rings is 2. The fourth-order valence-corrected chi connectivity index (χ4v) is 3.84. The van der Waals surface area contributed by atoms with Crippen LogP contribution in [0.4, 0.5) is 8.78 Å². The Balaban J connectivity index is 1.71. The van der Waals surface area contributed by atoms with E-state index in [9.17, 15) is 14.0 Å². The third-order valence-corrected chi connectivity index (χ3v) is 5.37. The lowest BCUT2D eigenvalue weighted by Crippen LogP contribution is -2.31. The van der Waals surface area contributed by atoms with Gasteiger partial charge in [-0.3, -0.25) is 14.4 Å². The molecule has 31 heavy (non-hydrogen) atoms. The van der Waals surface area contributed by atoms with Crippen LogP contribution in [-0.4, -0.2) is 29.9 Å². The second-order valence-electron chi connectivity index (χ2n) is 7.34. The number of ether oxygens (including phenoxy) is 1. The Kier molecular flexibility index (Phi) is 6.11. The zero-order chi connectivity index (χ0) is 22.0. The molecular weight excluding hydrogens is 406 g/mol. The number of fused-ring (bicyclic) bond motifs is 1. The summed E-state index contributed by atoms with van der Waals surface area (Å²) in [5.74, 6) is -3.71. The zero-order valence-corrected chi connectivity index (χ0v) is 17.0. The molecule has 1 unspecified atom stereocenters. The number of aromatic amines is 1. The monoisotopic (exact) mass is 428 g/mol. The summed E-state index contributed by atoms with van der Waals surface area (Å²) in [6, 6.07) is 7.98. The molecule has 0 spiro atoms. The molecule has 1 atom stereocenters. The van der Waals surface area contributed by atoms with Crippen LogP contribution in [0.1, 0.15) is 48.2 Å². The minimum Gasteiger partial charge on any atom is -0.374 e. The van der Waals surface area contributed by atoms with Crippen molar-refractivity contribution in [3.05, 3.63) is 59.3 Å². The van der Waals surface area contributed by atoms with Crippen LogP contribution < -0.4 is 5.48 Å². The number of hydroxylamine groups is 1. The largest absolute Gasteiger partial charge is 0.374 e. The van der Waals surface area contributed by atoms with Crippen LogP contribution in [0.25, 0.3) is 22.0 Å². The van der Waals surface area contributed by atoms with Crippen molar-refractivity contribution in [2.45, 2.75) is 32.3 Å². The Morgan fingerprint density at radius 3 is 2.68 bits per heavy atom. The molecule has 1 amide bonds. The van der Waals surface area contributed by atoms with E-state index in [1.54, 1.807) is 31.2 Å². The van der Waals surface area contributed by atoms with Crippen LogP contribution in [0.3, 0.4) is 0 Å². The molecule has 1 aliphatic rings. The molecule has 0 bridgehead atoms. The average molecular weight is 428 g/mol. The van der Waals surface area contributed by atoms with Gasteiger partial charge in [-0.05, 0) is 43.4 Å². The van der Waals surface area contributed by atoms with Crippen molar-refractivity contribution < 1.29 is 27.9 Å². The summed E-state index contributed by atoms with van der Waals surface area (Å²) >= 11 is 0. The topological polar surface area (TPSA) is 80.4 Å². The summed E-state index contributed by atoms with van der Waals surface area (Å²) in [5, 5.41) is -0.146. The van der Waals surface area contributed by atoms with E-state index in [4.69, 9.17) is 9.57 Å². The lowest BCUT2D eigenvalue weighted by molar-refractivity contribution is -0.128. The van der Waals surface area contributed by atoms with Gasteiger partial charge >= 0.3 is 5.91 Å². The zero-order valence-electron chi connectivity index (χ0n) is 17.0. The summed E-state index contributed by atoms with van der Waals surface area (Å²) < 4.78 is 36.0. The molecule has 1 saturated heterocycles. The van der Waals surface area contributed by atoms with Crippen LogP contribution in [0, 0.1) is 11.6 Å². The maximum Gasteiger partial charge on any atom is 0.315 e. The van der Waals surface area contributed by atoms with Crippen LogP contribution in [-0.2, 0) is 14.4 Å². The number of halogens is 2. The molecule has 0 radical (unpaired) electrons. The van der Waals surface area contributed by atoms with Gasteiger partial charge in [0.1, 0.15) is 11.6 Å². The molecular formula is C23H22F2N2O4. The molecule has 162 valence electrons. The third-order valence-electron chi connectivity index (χ3n) is 5.37. The van der Waals surface area contributed by atoms with E-state index in [0.717, 1.165) is 30.9 Å². The van der Waals surface area contributed by atoms with Gasteiger partial charge in [-0.1, -0.05) is 24.3 Å². The summed E-state index contributed by atoms with van der Waals surface area (Å²) in [4.78, 5) is 31.8. The van der Waals surface area contributed by atoms with E-state index in [1.807, 2.05) is 5.48 Å². The number of Topliss-reactive ketones (excluding diaryl/α,β-unsaturated/α-hetero) is 1. The maximum atomic E-state index is 15.4. The van der Waals surface area contributed by atoms with Crippen LogP contribution in [0.15, 0.2) is 36.5 Å².